The molecule has 0 saturated carbocycles. The number of nitrogens with one attached hydrogen (secondary N) is 3. The largest absolute Gasteiger partial charge is 0.349 e. The van der Waals surface area contributed by atoms with E-state index in [0.717, 1.165) is 45.2 Å². The number of benzene rings is 1. The van der Waals surface area contributed by atoms with Crippen molar-refractivity contribution in [3.63, 3.8) is 0 Å². The van der Waals surface area contributed by atoms with Gasteiger partial charge in [-0.15, -0.1) is 0 Å². The predicted molar refractivity (Wildman–Crippen MR) is 100 cm³/mol. The Bertz CT molecular complexity index is 665. The van der Waals surface area contributed by atoms with Gasteiger partial charge >= 0.3 is 0 Å². The zero-order valence-corrected chi connectivity index (χ0v) is 15.8. The van der Waals surface area contributed by atoms with Crippen LogP contribution in [0.3, 0.4) is 0 Å². The summed E-state index contributed by atoms with van der Waals surface area (Å²) < 4.78 is 0. The van der Waals surface area contributed by atoms with Crippen molar-refractivity contribution >= 4 is 5.91 Å². The molecule has 3 aliphatic rings. The normalized spacial score (nSPS) is 31.8. The molecular formula is C20H30N4O2. The van der Waals surface area contributed by atoms with Gasteiger partial charge in [0.25, 0.3) is 0 Å². The molecule has 2 aliphatic heterocycles. The van der Waals surface area contributed by atoms with Crippen LogP contribution in [0.4, 0.5) is 0 Å². The van der Waals surface area contributed by atoms with Gasteiger partial charge in [0, 0.05) is 6.54 Å². The molecule has 1 amide bonds. The molecule has 0 radical (unpaired) electrons. The van der Waals surface area contributed by atoms with Gasteiger partial charge in [-0.25, -0.2) is 0 Å². The third-order valence-corrected chi connectivity index (χ3v) is 5.94. The van der Waals surface area contributed by atoms with E-state index in [-0.39, 0.29) is 30.3 Å². The Kier molecular flexibility index (Phi) is 5.27. The standard InChI is InChI=1S/C20H30N4O2/c1-3-18-22-19(23-26-18)14-6-8-16-13(11-14)7-9-17(16)21-20(25)15-5-4-10-24(2)12-15/h6,8,11,15,17-19,22-23H,3-5,7,9-10,12H2,1-2H3,(H,21,25)/t15?,17-,18?,19?/m1/s1. The van der Waals surface area contributed by atoms with Crippen LogP contribution >= 0.6 is 0 Å². The fourth-order valence-electron chi connectivity index (χ4n) is 4.41. The fraction of sp³-hybridized carbons (Fsp3) is 0.650. The number of hydrogen-bond acceptors (Lipinski definition) is 5. The maximum atomic E-state index is 12.7. The quantitative estimate of drug-likeness (QED) is 0.768. The Balaban J connectivity index is 1.41. The maximum absolute atomic E-state index is 12.7. The number of piperidine rings is 1. The fourth-order valence-corrected chi connectivity index (χ4v) is 4.41. The van der Waals surface area contributed by atoms with E-state index in [0.29, 0.717) is 0 Å². The Morgan fingerprint density at radius 3 is 3.04 bits per heavy atom. The predicted octanol–water partition coefficient (Wildman–Crippen LogP) is 1.99. The first-order valence-corrected chi connectivity index (χ1v) is 9.93. The molecule has 0 aromatic heterocycles. The van der Waals surface area contributed by atoms with E-state index >= 15 is 0 Å². The number of nitrogens with zero attached hydrogens (tertiary/aromatic N) is 1. The number of likely N-dealkylation sites (tertiary alicyclic amines) is 1. The maximum Gasteiger partial charge on any atom is 0.224 e. The average Bonchev–Trinajstić information content (AvgIpc) is 3.28. The molecule has 1 aromatic carbocycles. The molecule has 2 fully saturated rings. The molecule has 2 heterocycles. The van der Waals surface area contributed by atoms with Crippen molar-refractivity contribution in [3.05, 3.63) is 34.9 Å². The third kappa shape index (κ3) is 3.64. The summed E-state index contributed by atoms with van der Waals surface area (Å²) in [5.41, 5.74) is 6.88. The van der Waals surface area contributed by atoms with Crippen LogP contribution < -0.4 is 16.1 Å². The molecule has 142 valence electrons. The number of carbonyl (C=O) groups excluding carboxylic acids is 1. The lowest BCUT2D eigenvalue weighted by Gasteiger charge is -2.29. The molecule has 2 saturated heterocycles. The molecule has 3 N–H and O–H groups in total. The highest BCUT2D eigenvalue weighted by Gasteiger charge is 2.30. The van der Waals surface area contributed by atoms with Crippen molar-refractivity contribution in [1.82, 2.24) is 21.0 Å². The van der Waals surface area contributed by atoms with Gasteiger partial charge in [-0.2, -0.15) is 5.48 Å². The van der Waals surface area contributed by atoms with Crippen LogP contribution in [0.25, 0.3) is 0 Å². The third-order valence-electron chi connectivity index (χ3n) is 5.94. The summed E-state index contributed by atoms with van der Waals surface area (Å²) in [5, 5.41) is 6.74. The van der Waals surface area contributed by atoms with Crippen LogP contribution in [0, 0.1) is 5.92 Å². The van der Waals surface area contributed by atoms with Gasteiger partial charge in [0.15, 0.2) is 0 Å². The van der Waals surface area contributed by atoms with Crippen molar-refractivity contribution in [2.45, 2.75) is 57.5 Å². The number of hydroxylamine groups is 1. The highest BCUT2D eigenvalue weighted by molar-refractivity contribution is 5.79. The first-order chi connectivity index (χ1) is 12.6. The molecule has 3 unspecified atom stereocenters. The van der Waals surface area contributed by atoms with Crippen LogP contribution in [0.5, 0.6) is 0 Å². The Hall–Kier alpha value is -1.47. The van der Waals surface area contributed by atoms with Crippen molar-refractivity contribution < 1.29 is 9.63 Å². The molecule has 26 heavy (non-hydrogen) atoms. The summed E-state index contributed by atoms with van der Waals surface area (Å²) in [5.74, 6) is 0.351. The second-order valence-corrected chi connectivity index (χ2v) is 7.89. The summed E-state index contributed by atoms with van der Waals surface area (Å²) in [6.07, 6.45) is 5.16. The monoisotopic (exact) mass is 358 g/mol. The van der Waals surface area contributed by atoms with Crippen molar-refractivity contribution in [2.75, 3.05) is 20.1 Å². The van der Waals surface area contributed by atoms with Crippen molar-refractivity contribution in [2.24, 2.45) is 5.92 Å². The van der Waals surface area contributed by atoms with Gasteiger partial charge in [-0.1, -0.05) is 25.1 Å². The molecule has 0 spiro atoms. The van der Waals surface area contributed by atoms with Crippen molar-refractivity contribution in [3.8, 4) is 0 Å². The lowest BCUT2D eigenvalue weighted by molar-refractivity contribution is -0.127. The number of fused-ring (bicyclic) bond motifs is 1. The van der Waals surface area contributed by atoms with Gasteiger partial charge in [-0.05, 0) is 62.4 Å². The SMILES string of the molecule is CCC1NC(c2ccc3c(c2)CC[C@H]3NC(=O)C2CCCN(C)C2)NO1. The molecule has 0 bridgehead atoms. The second-order valence-electron chi connectivity index (χ2n) is 7.89. The summed E-state index contributed by atoms with van der Waals surface area (Å²) in [6, 6.07) is 6.73. The van der Waals surface area contributed by atoms with E-state index in [2.05, 4.69) is 53.2 Å². The molecule has 4 rings (SSSR count). The lowest BCUT2D eigenvalue weighted by atomic mass is 9.96. The zero-order chi connectivity index (χ0) is 18.1. The van der Waals surface area contributed by atoms with Gasteiger partial charge in [-0.3, -0.25) is 14.9 Å². The van der Waals surface area contributed by atoms with Gasteiger partial charge in [0.2, 0.25) is 5.91 Å². The van der Waals surface area contributed by atoms with Crippen LogP contribution in [0.1, 0.15) is 61.5 Å². The summed E-state index contributed by atoms with van der Waals surface area (Å²) >= 11 is 0. The molecular weight excluding hydrogens is 328 g/mol. The van der Waals surface area contributed by atoms with Crippen LogP contribution in [0.2, 0.25) is 0 Å². The zero-order valence-electron chi connectivity index (χ0n) is 15.8. The van der Waals surface area contributed by atoms with E-state index < -0.39 is 0 Å². The summed E-state index contributed by atoms with van der Waals surface area (Å²) in [4.78, 5) is 20.5. The van der Waals surface area contributed by atoms with E-state index in [4.69, 9.17) is 4.84 Å². The minimum absolute atomic E-state index is 0.0386. The lowest BCUT2D eigenvalue weighted by Crippen LogP contribution is -2.42. The van der Waals surface area contributed by atoms with Crippen LogP contribution in [-0.2, 0) is 16.1 Å². The van der Waals surface area contributed by atoms with E-state index in [1.54, 1.807) is 0 Å². The van der Waals surface area contributed by atoms with E-state index in [9.17, 15) is 4.79 Å². The van der Waals surface area contributed by atoms with Gasteiger partial charge < -0.3 is 10.2 Å². The first-order valence-electron chi connectivity index (χ1n) is 9.93. The number of hydrogen-bond donors (Lipinski definition) is 3. The van der Waals surface area contributed by atoms with Crippen molar-refractivity contribution in [1.29, 1.82) is 0 Å². The molecule has 6 nitrogen and oxygen atoms in total. The van der Waals surface area contributed by atoms with E-state index in [1.807, 2.05) is 0 Å². The summed E-state index contributed by atoms with van der Waals surface area (Å²) in [7, 11) is 2.10. The number of rotatable bonds is 4. The topological polar surface area (TPSA) is 65.6 Å². The van der Waals surface area contributed by atoms with Crippen LogP contribution in [-0.4, -0.2) is 37.2 Å². The average molecular weight is 358 g/mol. The van der Waals surface area contributed by atoms with Gasteiger partial charge in [0.05, 0.1) is 12.0 Å². The minimum Gasteiger partial charge on any atom is -0.349 e. The van der Waals surface area contributed by atoms with Gasteiger partial charge in [0.1, 0.15) is 12.4 Å². The van der Waals surface area contributed by atoms with Crippen LogP contribution in [0.15, 0.2) is 18.2 Å². The molecule has 1 aliphatic carbocycles. The first kappa shape index (κ1) is 17.9. The number of aryl methyl sites for hydroxylation is 1. The summed E-state index contributed by atoms with van der Waals surface area (Å²) in [6.45, 7) is 4.08. The number of amides is 1. The minimum atomic E-state index is 0.0386. The Labute approximate surface area is 155 Å². The Morgan fingerprint density at radius 2 is 2.27 bits per heavy atom. The van der Waals surface area contributed by atoms with E-state index in [1.165, 1.54) is 16.7 Å². The molecule has 4 atom stereocenters. The molecule has 6 heteroatoms. The smallest absolute Gasteiger partial charge is 0.224 e. The molecule has 1 aromatic rings. The Morgan fingerprint density at radius 1 is 1.38 bits per heavy atom. The second kappa shape index (κ2) is 7.64. The highest BCUT2D eigenvalue weighted by atomic mass is 16.7. The highest BCUT2D eigenvalue weighted by Crippen LogP contribution is 2.33. The number of carbonyl (C=O) groups is 1.